The van der Waals surface area contributed by atoms with Crippen LogP contribution in [0, 0.1) is 23.7 Å². The van der Waals surface area contributed by atoms with Crippen LogP contribution in [-0.2, 0) is 28.6 Å². The minimum Gasteiger partial charge on any atom is -0.462 e. The molecule has 13 nitrogen and oxygen atoms in total. The van der Waals surface area contributed by atoms with Gasteiger partial charge in [-0.25, -0.2) is 0 Å². The molecule has 2 aliphatic heterocycles. The number of para-hydroxylation sites is 1. The molecule has 0 bridgehead atoms. The van der Waals surface area contributed by atoms with Crippen molar-refractivity contribution in [2.24, 2.45) is 28.8 Å². The largest absolute Gasteiger partial charge is 0.462 e. The van der Waals surface area contributed by atoms with Gasteiger partial charge in [-0.1, -0.05) is 67.9 Å². The number of oxime groups is 1. The van der Waals surface area contributed by atoms with Crippen LogP contribution in [0.3, 0.4) is 0 Å². The number of ether oxygens (including phenoxy) is 3. The number of aldehydes is 1. The van der Waals surface area contributed by atoms with Gasteiger partial charge in [-0.05, 0) is 76.6 Å². The molecule has 13 heteroatoms. The van der Waals surface area contributed by atoms with Crippen molar-refractivity contribution < 1.29 is 49.1 Å². The Morgan fingerprint density at radius 2 is 1.84 bits per heavy atom. The maximum absolute atomic E-state index is 13.2. The van der Waals surface area contributed by atoms with Crippen LogP contribution in [0.25, 0.3) is 17.0 Å². The molecule has 0 saturated carbocycles. The maximum atomic E-state index is 13.2. The lowest BCUT2D eigenvalue weighted by Gasteiger charge is -2.46. The van der Waals surface area contributed by atoms with Crippen molar-refractivity contribution in [2.45, 2.75) is 109 Å². The number of carbonyl (C=O) groups is 2. The molecule has 0 radical (unpaired) electrons. The van der Waals surface area contributed by atoms with Gasteiger partial charge in [0.05, 0.1) is 54.7 Å². The predicted molar refractivity (Wildman–Crippen MR) is 214 cm³/mol. The number of aliphatic hydroxyl groups excluding tert-OH is 4. The van der Waals surface area contributed by atoms with E-state index < -0.39 is 72.7 Å². The summed E-state index contributed by atoms with van der Waals surface area (Å²) in [5.74, 6) is -2.74. The Morgan fingerprint density at radius 1 is 1.09 bits per heavy atom. The lowest BCUT2D eigenvalue weighted by Crippen LogP contribution is -2.63. The summed E-state index contributed by atoms with van der Waals surface area (Å²) in [6.45, 7) is 9.00. The summed E-state index contributed by atoms with van der Waals surface area (Å²) in [5, 5.41) is 49.6. The number of benzene rings is 1. The number of aliphatic hydroxyl groups is 4. The molecule has 4 N–H and O–H groups in total. The van der Waals surface area contributed by atoms with Crippen molar-refractivity contribution in [1.29, 1.82) is 0 Å². The zero-order valence-electron chi connectivity index (χ0n) is 33.7. The minimum absolute atomic E-state index is 0.0318. The molecule has 0 amide bonds. The topological polar surface area (TPSA) is 180 Å². The van der Waals surface area contributed by atoms with Crippen molar-refractivity contribution in [3.05, 3.63) is 72.0 Å². The predicted octanol–water partition coefficient (Wildman–Crippen LogP) is 4.47. The number of likely N-dealkylation sites (N-methyl/N-ethyl adjacent to an activating group) is 1. The molecule has 0 spiro atoms. The van der Waals surface area contributed by atoms with Crippen molar-refractivity contribution in [3.63, 3.8) is 0 Å². The average molecular weight is 780 g/mol. The summed E-state index contributed by atoms with van der Waals surface area (Å²) in [6, 6.07) is 9.20. The van der Waals surface area contributed by atoms with Crippen LogP contribution < -0.4 is 0 Å². The fourth-order valence-corrected chi connectivity index (χ4v) is 7.58. The molecule has 0 aliphatic carbocycles. The van der Waals surface area contributed by atoms with Gasteiger partial charge in [-0.2, -0.15) is 0 Å². The van der Waals surface area contributed by atoms with Gasteiger partial charge in [0, 0.05) is 35.8 Å². The Kier molecular flexibility index (Phi) is 17.3. The van der Waals surface area contributed by atoms with Crippen LogP contribution in [0.5, 0.6) is 0 Å². The van der Waals surface area contributed by atoms with Gasteiger partial charge < -0.3 is 49.2 Å². The number of esters is 1. The monoisotopic (exact) mass is 779 g/mol. The molecule has 4 rings (SSSR count). The Morgan fingerprint density at radius 3 is 2.54 bits per heavy atom. The van der Waals surface area contributed by atoms with E-state index in [9.17, 15) is 30.0 Å². The number of nitrogens with zero attached hydrogens (tertiary/aromatic N) is 3. The molecule has 2 aromatic rings. The van der Waals surface area contributed by atoms with Gasteiger partial charge in [0.15, 0.2) is 6.29 Å². The number of cyclic esters (lactones) is 1. The number of hydrogen-bond donors (Lipinski definition) is 4. The molecule has 1 aromatic heterocycles. The first-order chi connectivity index (χ1) is 26.8. The van der Waals surface area contributed by atoms with Crippen LogP contribution >= 0.6 is 0 Å². The third-order valence-electron chi connectivity index (χ3n) is 10.9. The molecule has 1 saturated heterocycles. The molecular formula is C43H61N3O10. The summed E-state index contributed by atoms with van der Waals surface area (Å²) in [5.41, 5.74) is 3.20. The first kappa shape index (κ1) is 44.9. The molecule has 1 aromatic carbocycles. The minimum atomic E-state index is -1.28. The van der Waals surface area contributed by atoms with Gasteiger partial charge in [-0.3, -0.25) is 9.78 Å². The SMILES string of the molecule is CC[C@H]1OC(=O)C[C@@H](O)[C@H](C)[C@@H](O[C@@H]2O[C@H](C)[C@@H](O)[C@H](N(C)C)[C@H]2O)[C@@H](CC=O)C[C@@H](C)C(=N\OC/C=C/c2cnc3ccccc3c2)/C=C/C(C)=C/C1CO. The van der Waals surface area contributed by atoms with Crippen molar-refractivity contribution in [3.8, 4) is 0 Å². The zero-order chi connectivity index (χ0) is 40.9. The number of aromatic nitrogens is 1. The molecule has 3 heterocycles. The standard InChI is InChI=1S/C43H61N3O10/c1-8-37-33(25-48)20-26(2)15-16-34(45-53-19-11-12-30-22-31-13-9-10-14-35(31)44-24-30)27(3)21-32(17-18-47)42(28(4)36(49)23-38(50)55-37)56-43-41(52)39(46(6)7)40(51)29(5)54-43/h9-16,18,20,22,24,27-29,32-33,36-37,39-43,48-49,51-52H,8,17,19,21,23,25H2,1-7H3/b12-11+,16-15+,26-20+,45-34-/t27-,28+,29-,32+,33?,36-,37-,39+,40-,41-,42-,43+/m1/s1. The van der Waals surface area contributed by atoms with E-state index in [0.717, 1.165) is 28.3 Å². The van der Waals surface area contributed by atoms with Gasteiger partial charge in [-0.15, -0.1) is 0 Å². The molecule has 1 unspecified atom stereocenters. The number of pyridine rings is 1. The molecule has 1 fully saturated rings. The highest BCUT2D eigenvalue weighted by molar-refractivity contribution is 5.96. The Balaban J connectivity index is 1.69. The van der Waals surface area contributed by atoms with E-state index in [1.165, 1.54) is 0 Å². The van der Waals surface area contributed by atoms with Crippen LogP contribution in [-0.4, -0.2) is 125 Å². The Bertz CT molecular complexity index is 1690. The zero-order valence-corrected chi connectivity index (χ0v) is 33.7. The van der Waals surface area contributed by atoms with Gasteiger partial charge >= 0.3 is 5.97 Å². The summed E-state index contributed by atoms with van der Waals surface area (Å²) in [7, 11) is 3.48. The summed E-state index contributed by atoms with van der Waals surface area (Å²) >= 11 is 0. The summed E-state index contributed by atoms with van der Waals surface area (Å²) < 4.78 is 18.4. The van der Waals surface area contributed by atoms with Gasteiger partial charge in [0.25, 0.3) is 0 Å². The third kappa shape index (κ3) is 12.1. The second-order valence-electron chi connectivity index (χ2n) is 15.4. The van der Waals surface area contributed by atoms with E-state index >= 15 is 0 Å². The molecule has 2 aliphatic rings. The molecular weight excluding hydrogens is 718 g/mol. The molecule has 308 valence electrons. The fraction of sp³-hybridized carbons (Fsp3) is 0.581. The number of rotatable bonds is 11. The van der Waals surface area contributed by atoms with Crippen molar-refractivity contribution in [2.75, 3.05) is 27.3 Å². The number of fused-ring (bicyclic) bond motifs is 1. The normalized spacial score (nSPS) is 35.0. The van der Waals surface area contributed by atoms with Crippen molar-refractivity contribution >= 4 is 34.9 Å². The van der Waals surface area contributed by atoms with E-state index in [2.05, 4.69) is 10.1 Å². The maximum Gasteiger partial charge on any atom is 0.308 e. The van der Waals surface area contributed by atoms with Crippen molar-refractivity contribution in [1.82, 2.24) is 9.88 Å². The number of hydrogen-bond acceptors (Lipinski definition) is 13. The van der Waals surface area contributed by atoms with E-state index in [4.69, 9.17) is 19.0 Å². The third-order valence-corrected chi connectivity index (χ3v) is 10.9. The van der Waals surface area contributed by atoms with Crippen LogP contribution in [0.1, 0.15) is 65.9 Å². The van der Waals surface area contributed by atoms with Gasteiger partial charge in [0.2, 0.25) is 0 Å². The second-order valence-corrected chi connectivity index (χ2v) is 15.4. The van der Waals surface area contributed by atoms with E-state index in [-0.39, 0.29) is 32.0 Å². The van der Waals surface area contributed by atoms with E-state index in [1.54, 1.807) is 39.0 Å². The molecule has 56 heavy (non-hydrogen) atoms. The van der Waals surface area contributed by atoms with Crippen LogP contribution in [0.15, 0.2) is 71.6 Å². The Hall–Kier alpha value is -3.82. The lowest BCUT2D eigenvalue weighted by molar-refractivity contribution is -0.304. The number of allylic oxidation sites excluding steroid dienone is 3. The fourth-order valence-electron chi connectivity index (χ4n) is 7.58. The highest BCUT2D eigenvalue weighted by Crippen LogP contribution is 2.34. The summed E-state index contributed by atoms with van der Waals surface area (Å²) in [4.78, 5) is 37.6. The quantitative estimate of drug-likeness (QED) is 0.109. The first-order valence-corrected chi connectivity index (χ1v) is 19.6. The van der Waals surface area contributed by atoms with Crippen LogP contribution in [0.2, 0.25) is 0 Å². The number of carbonyl (C=O) groups excluding carboxylic acids is 2. The van der Waals surface area contributed by atoms with E-state index in [1.807, 2.05) is 81.5 Å². The highest BCUT2D eigenvalue weighted by atomic mass is 16.7. The first-order valence-electron chi connectivity index (χ1n) is 19.6. The second kappa shape index (κ2) is 21.6. The molecule has 12 atom stereocenters. The summed E-state index contributed by atoms with van der Waals surface area (Å²) in [6.07, 6.45) is 5.29. The van der Waals surface area contributed by atoms with E-state index in [0.29, 0.717) is 18.6 Å². The smallest absolute Gasteiger partial charge is 0.308 e. The lowest BCUT2D eigenvalue weighted by atomic mass is 9.79. The Labute approximate surface area is 330 Å². The van der Waals surface area contributed by atoms with Gasteiger partial charge in [0.1, 0.15) is 25.1 Å². The average Bonchev–Trinajstić information content (AvgIpc) is 3.17. The van der Waals surface area contributed by atoms with Crippen LogP contribution in [0.4, 0.5) is 0 Å². The highest BCUT2D eigenvalue weighted by Gasteiger charge is 2.47.